The highest BCUT2D eigenvalue weighted by Crippen LogP contribution is 2.37. The van der Waals surface area contributed by atoms with Crippen molar-refractivity contribution in [2.45, 2.75) is 63.8 Å². The summed E-state index contributed by atoms with van der Waals surface area (Å²) < 4.78 is 5.23. The summed E-state index contributed by atoms with van der Waals surface area (Å²) >= 11 is 0. The second-order valence-electron chi connectivity index (χ2n) is 9.58. The molecular weight excluding hydrogens is 396 g/mol. The predicted octanol–water partition coefficient (Wildman–Crippen LogP) is 6.67. The number of benzene rings is 2. The van der Waals surface area contributed by atoms with Crippen LogP contribution in [0.1, 0.15) is 56.1 Å². The molecule has 0 aromatic heterocycles. The molecule has 5 heteroatoms. The molecule has 2 aromatic carbocycles. The second kappa shape index (κ2) is 10.0. The first-order valence-corrected chi connectivity index (χ1v) is 12.5. The third-order valence-electron chi connectivity index (χ3n) is 7.64. The highest BCUT2D eigenvalue weighted by atomic mass is 16.5. The molecule has 2 heterocycles. The lowest BCUT2D eigenvalue weighted by molar-refractivity contribution is 0.0649. The van der Waals surface area contributed by atoms with Crippen molar-refractivity contribution in [1.29, 1.82) is 0 Å². The molecule has 0 spiro atoms. The van der Waals surface area contributed by atoms with Gasteiger partial charge in [-0.3, -0.25) is 0 Å². The van der Waals surface area contributed by atoms with Crippen molar-refractivity contribution in [2.75, 3.05) is 32.1 Å². The van der Waals surface area contributed by atoms with Crippen molar-refractivity contribution in [3.63, 3.8) is 0 Å². The van der Waals surface area contributed by atoms with Gasteiger partial charge in [-0.1, -0.05) is 6.42 Å². The molecule has 1 aliphatic carbocycles. The summed E-state index contributed by atoms with van der Waals surface area (Å²) in [7, 11) is 1.68. The van der Waals surface area contributed by atoms with Gasteiger partial charge in [0.1, 0.15) is 5.75 Å². The lowest BCUT2D eigenvalue weighted by Crippen LogP contribution is -2.49. The SMILES string of the molecule is COc1ccc(N=Nc2ccc(NC[C@@H]3CCCN4CCCC[C@H]34)c3c2CCCC3)cc1. The summed E-state index contributed by atoms with van der Waals surface area (Å²) in [5.41, 5.74) is 6.07. The Morgan fingerprint density at radius 3 is 2.53 bits per heavy atom. The number of nitrogens with zero attached hydrogens (tertiary/aromatic N) is 3. The third kappa shape index (κ3) is 4.68. The Kier molecular flexibility index (Phi) is 6.72. The van der Waals surface area contributed by atoms with E-state index < -0.39 is 0 Å². The summed E-state index contributed by atoms with van der Waals surface area (Å²) in [6, 6.07) is 12.9. The minimum atomic E-state index is 0.776. The molecule has 5 rings (SSSR count). The average molecular weight is 433 g/mol. The van der Waals surface area contributed by atoms with Crippen molar-refractivity contribution < 1.29 is 4.74 Å². The molecule has 5 nitrogen and oxygen atoms in total. The van der Waals surface area contributed by atoms with Gasteiger partial charge in [0.25, 0.3) is 0 Å². The standard InChI is InChI=1S/C27H36N4O/c1-32-22-13-11-21(12-14-22)29-30-26-16-15-25(23-8-2-3-9-24(23)26)28-19-20-7-6-18-31-17-5-4-10-27(20)31/h11-16,20,27-28H,2-10,17-19H2,1H3/t20-,27+/m0/s1. The summed E-state index contributed by atoms with van der Waals surface area (Å²) in [6.45, 7) is 3.72. The number of anilines is 1. The molecule has 0 bridgehead atoms. The highest BCUT2D eigenvalue weighted by Gasteiger charge is 2.32. The number of azo groups is 1. The van der Waals surface area contributed by atoms with Crippen LogP contribution in [0.3, 0.4) is 0 Å². The van der Waals surface area contributed by atoms with E-state index in [1.165, 1.54) is 74.8 Å². The van der Waals surface area contributed by atoms with Gasteiger partial charge in [0, 0.05) is 18.3 Å². The van der Waals surface area contributed by atoms with E-state index in [9.17, 15) is 0 Å². The lowest BCUT2D eigenvalue weighted by atomic mass is 9.83. The largest absolute Gasteiger partial charge is 0.497 e. The number of hydrogen-bond acceptors (Lipinski definition) is 5. The third-order valence-corrected chi connectivity index (χ3v) is 7.64. The maximum absolute atomic E-state index is 5.23. The Balaban J connectivity index is 1.31. The molecule has 2 aliphatic heterocycles. The average Bonchev–Trinajstić information content (AvgIpc) is 2.86. The Morgan fingerprint density at radius 1 is 0.875 bits per heavy atom. The molecule has 1 N–H and O–H groups in total. The molecule has 2 aromatic rings. The maximum atomic E-state index is 5.23. The highest BCUT2D eigenvalue weighted by molar-refractivity contribution is 5.64. The van der Waals surface area contributed by atoms with Gasteiger partial charge in [-0.15, -0.1) is 0 Å². The first kappa shape index (κ1) is 21.4. The van der Waals surface area contributed by atoms with E-state index in [4.69, 9.17) is 4.74 Å². The molecule has 0 amide bonds. The molecule has 0 saturated carbocycles. The van der Waals surface area contributed by atoms with Crippen LogP contribution >= 0.6 is 0 Å². The first-order chi connectivity index (χ1) is 15.8. The minimum Gasteiger partial charge on any atom is -0.497 e. The van der Waals surface area contributed by atoms with Crippen molar-refractivity contribution >= 4 is 17.1 Å². The fourth-order valence-corrected chi connectivity index (χ4v) is 5.92. The Hall–Kier alpha value is -2.40. The zero-order valence-electron chi connectivity index (χ0n) is 19.4. The first-order valence-electron chi connectivity index (χ1n) is 12.5. The summed E-state index contributed by atoms with van der Waals surface area (Å²) in [4.78, 5) is 2.76. The molecule has 0 unspecified atom stereocenters. The van der Waals surface area contributed by atoms with Crippen molar-refractivity contribution in [1.82, 2.24) is 4.90 Å². The van der Waals surface area contributed by atoms with Crippen LogP contribution in [0.2, 0.25) is 0 Å². The van der Waals surface area contributed by atoms with Crippen LogP contribution in [0.4, 0.5) is 17.1 Å². The summed E-state index contributed by atoms with van der Waals surface area (Å²) in [5.74, 6) is 1.61. The van der Waals surface area contributed by atoms with E-state index in [0.29, 0.717) is 0 Å². The van der Waals surface area contributed by atoms with Crippen LogP contribution in [0, 0.1) is 5.92 Å². The van der Waals surface area contributed by atoms with Crippen molar-refractivity contribution in [3.05, 3.63) is 47.5 Å². The summed E-state index contributed by atoms with van der Waals surface area (Å²) in [6.07, 6.45) is 11.6. The molecule has 2 saturated heterocycles. The van der Waals surface area contributed by atoms with E-state index in [1.54, 1.807) is 7.11 Å². The smallest absolute Gasteiger partial charge is 0.119 e. The normalized spacial score (nSPS) is 23.5. The van der Waals surface area contributed by atoms with Gasteiger partial charge in [0.15, 0.2) is 0 Å². The van der Waals surface area contributed by atoms with Gasteiger partial charge >= 0.3 is 0 Å². The molecule has 2 fully saturated rings. The van der Waals surface area contributed by atoms with Gasteiger partial charge in [0.2, 0.25) is 0 Å². The number of methoxy groups -OCH3 is 1. The Bertz CT molecular complexity index is 937. The number of fused-ring (bicyclic) bond motifs is 2. The van der Waals surface area contributed by atoms with Crippen LogP contribution in [0.25, 0.3) is 0 Å². The number of piperidine rings is 2. The van der Waals surface area contributed by atoms with Gasteiger partial charge in [-0.05, 0) is 118 Å². The monoisotopic (exact) mass is 432 g/mol. The van der Waals surface area contributed by atoms with Crippen LogP contribution < -0.4 is 10.1 Å². The minimum absolute atomic E-state index is 0.776. The second-order valence-corrected chi connectivity index (χ2v) is 9.58. The molecule has 2 atom stereocenters. The van der Waals surface area contributed by atoms with E-state index in [2.05, 4.69) is 32.6 Å². The Labute approximate surface area is 192 Å². The molecule has 3 aliphatic rings. The fraction of sp³-hybridized carbons (Fsp3) is 0.556. The van der Waals surface area contributed by atoms with E-state index >= 15 is 0 Å². The molecule has 170 valence electrons. The van der Waals surface area contributed by atoms with Crippen molar-refractivity contribution in [3.8, 4) is 5.75 Å². The van der Waals surface area contributed by atoms with Crippen LogP contribution in [-0.4, -0.2) is 37.7 Å². The predicted molar refractivity (Wildman–Crippen MR) is 131 cm³/mol. The summed E-state index contributed by atoms with van der Waals surface area (Å²) in [5, 5.41) is 13.0. The van der Waals surface area contributed by atoms with Crippen molar-refractivity contribution in [2.24, 2.45) is 16.1 Å². The van der Waals surface area contributed by atoms with Gasteiger partial charge in [-0.2, -0.15) is 10.2 Å². The van der Waals surface area contributed by atoms with Crippen LogP contribution in [0.15, 0.2) is 46.6 Å². The fourth-order valence-electron chi connectivity index (χ4n) is 5.92. The Morgan fingerprint density at radius 2 is 1.69 bits per heavy atom. The molecular formula is C27H36N4O. The zero-order chi connectivity index (χ0) is 21.8. The molecule has 0 radical (unpaired) electrons. The topological polar surface area (TPSA) is 49.2 Å². The quantitative estimate of drug-likeness (QED) is 0.519. The lowest BCUT2D eigenvalue weighted by Gasteiger charge is -2.44. The zero-order valence-corrected chi connectivity index (χ0v) is 19.4. The van der Waals surface area contributed by atoms with E-state index in [-0.39, 0.29) is 0 Å². The molecule has 32 heavy (non-hydrogen) atoms. The number of ether oxygens (including phenoxy) is 1. The van der Waals surface area contributed by atoms with E-state index in [0.717, 1.165) is 48.5 Å². The number of nitrogens with one attached hydrogen (secondary N) is 1. The van der Waals surface area contributed by atoms with Gasteiger partial charge in [0.05, 0.1) is 18.5 Å². The van der Waals surface area contributed by atoms with Crippen LogP contribution in [-0.2, 0) is 12.8 Å². The van der Waals surface area contributed by atoms with Gasteiger partial charge < -0.3 is 15.0 Å². The van der Waals surface area contributed by atoms with E-state index in [1.807, 2.05) is 24.3 Å². The number of hydrogen-bond donors (Lipinski definition) is 1. The maximum Gasteiger partial charge on any atom is 0.119 e. The number of rotatable bonds is 6. The van der Waals surface area contributed by atoms with Crippen LogP contribution in [0.5, 0.6) is 5.75 Å². The van der Waals surface area contributed by atoms with Gasteiger partial charge in [-0.25, -0.2) is 0 Å².